The SMILES string of the molecule is CC(C)C(=O)Nc1ccc(NC(=O)c2ccc(S(=O)(=O)NC(C)(C)C)cc2)cc1. The second kappa shape index (κ2) is 8.75. The van der Waals surface area contributed by atoms with Crippen LogP contribution in [0.1, 0.15) is 45.0 Å². The summed E-state index contributed by atoms with van der Waals surface area (Å²) in [7, 11) is -3.66. The molecular weight excluding hydrogens is 390 g/mol. The summed E-state index contributed by atoms with van der Waals surface area (Å²) in [6.07, 6.45) is 0. The normalized spacial score (nSPS) is 11.9. The molecule has 7 nitrogen and oxygen atoms in total. The highest BCUT2D eigenvalue weighted by molar-refractivity contribution is 7.89. The first-order chi connectivity index (χ1) is 13.4. The van der Waals surface area contributed by atoms with E-state index in [0.29, 0.717) is 16.9 Å². The molecule has 0 atom stereocenters. The van der Waals surface area contributed by atoms with Crippen molar-refractivity contribution in [3.63, 3.8) is 0 Å². The number of amides is 2. The molecule has 2 aromatic carbocycles. The maximum Gasteiger partial charge on any atom is 0.255 e. The molecule has 0 aliphatic rings. The number of sulfonamides is 1. The highest BCUT2D eigenvalue weighted by Gasteiger charge is 2.22. The summed E-state index contributed by atoms with van der Waals surface area (Å²) in [6.45, 7) is 8.88. The van der Waals surface area contributed by atoms with E-state index in [4.69, 9.17) is 0 Å². The summed E-state index contributed by atoms with van der Waals surface area (Å²) in [6, 6.07) is 12.5. The lowest BCUT2D eigenvalue weighted by Crippen LogP contribution is -2.40. The van der Waals surface area contributed by atoms with Crippen LogP contribution in [0.5, 0.6) is 0 Å². The van der Waals surface area contributed by atoms with Gasteiger partial charge in [0.25, 0.3) is 5.91 Å². The maximum absolute atomic E-state index is 12.4. The van der Waals surface area contributed by atoms with Crippen molar-refractivity contribution in [1.29, 1.82) is 0 Å². The average Bonchev–Trinajstić information content (AvgIpc) is 2.61. The van der Waals surface area contributed by atoms with Crippen LogP contribution in [0, 0.1) is 5.92 Å². The molecule has 0 unspecified atom stereocenters. The quantitative estimate of drug-likeness (QED) is 0.668. The van der Waals surface area contributed by atoms with E-state index in [1.165, 1.54) is 24.3 Å². The molecule has 2 aromatic rings. The Hall–Kier alpha value is -2.71. The third kappa shape index (κ3) is 6.69. The van der Waals surface area contributed by atoms with Crippen molar-refractivity contribution >= 4 is 33.2 Å². The molecule has 3 N–H and O–H groups in total. The van der Waals surface area contributed by atoms with Gasteiger partial charge in [0, 0.05) is 28.4 Å². The summed E-state index contributed by atoms with van der Waals surface area (Å²) < 4.78 is 27.2. The molecule has 0 fully saturated rings. The molecule has 2 rings (SSSR count). The predicted molar refractivity (Wildman–Crippen MR) is 114 cm³/mol. The Kier molecular flexibility index (Phi) is 6.81. The Labute approximate surface area is 172 Å². The summed E-state index contributed by atoms with van der Waals surface area (Å²) in [5, 5.41) is 5.52. The number of nitrogens with one attached hydrogen (secondary N) is 3. The molecule has 0 aliphatic carbocycles. The van der Waals surface area contributed by atoms with Gasteiger partial charge in [-0.15, -0.1) is 0 Å². The van der Waals surface area contributed by atoms with E-state index >= 15 is 0 Å². The second-order valence-electron chi connectivity index (χ2n) is 8.06. The molecule has 156 valence electrons. The van der Waals surface area contributed by atoms with Gasteiger partial charge in [0.1, 0.15) is 0 Å². The molecule has 0 spiro atoms. The van der Waals surface area contributed by atoms with Crippen molar-refractivity contribution in [2.24, 2.45) is 5.92 Å². The Morgan fingerprint density at radius 3 is 1.76 bits per heavy atom. The van der Waals surface area contributed by atoms with Gasteiger partial charge in [-0.25, -0.2) is 13.1 Å². The Morgan fingerprint density at radius 1 is 0.828 bits per heavy atom. The summed E-state index contributed by atoms with van der Waals surface area (Å²) in [4.78, 5) is 24.2. The largest absolute Gasteiger partial charge is 0.326 e. The van der Waals surface area contributed by atoms with Crippen molar-refractivity contribution in [3.05, 3.63) is 54.1 Å². The van der Waals surface area contributed by atoms with Crippen LogP contribution in [0.15, 0.2) is 53.4 Å². The van der Waals surface area contributed by atoms with Gasteiger partial charge in [0.15, 0.2) is 0 Å². The first kappa shape index (κ1) is 22.6. The molecule has 2 amide bonds. The van der Waals surface area contributed by atoms with E-state index in [9.17, 15) is 18.0 Å². The molecule has 8 heteroatoms. The van der Waals surface area contributed by atoms with Gasteiger partial charge < -0.3 is 10.6 Å². The fourth-order valence-corrected chi connectivity index (χ4v) is 3.79. The van der Waals surface area contributed by atoms with Crippen molar-refractivity contribution < 1.29 is 18.0 Å². The summed E-state index contributed by atoms with van der Waals surface area (Å²) in [5.41, 5.74) is 0.929. The third-order valence-corrected chi connectivity index (χ3v) is 5.58. The average molecular weight is 418 g/mol. The number of anilines is 2. The zero-order chi connectivity index (χ0) is 21.8. The molecule has 0 bridgehead atoms. The minimum atomic E-state index is -3.66. The van der Waals surface area contributed by atoms with E-state index in [2.05, 4.69) is 15.4 Å². The van der Waals surface area contributed by atoms with Crippen LogP contribution in [-0.2, 0) is 14.8 Å². The highest BCUT2D eigenvalue weighted by Crippen LogP contribution is 2.17. The van der Waals surface area contributed by atoms with Gasteiger partial charge in [-0.05, 0) is 69.3 Å². The van der Waals surface area contributed by atoms with E-state index in [-0.39, 0.29) is 22.6 Å². The number of hydrogen-bond donors (Lipinski definition) is 3. The van der Waals surface area contributed by atoms with Gasteiger partial charge in [-0.3, -0.25) is 9.59 Å². The maximum atomic E-state index is 12.4. The van der Waals surface area contributed by atoms with E-state index < -0.39 is 15.6 Å². The van der Waals surface area contributed by atoms with Crippen molar-refractivity contribution in [3.8, 4) is 0 Å². The Balaban J connectivity index is 2.05. The van der Waals surface area contributed by atoms with Crippen LogP contribution in [0.4, 0.5) is 11.4 Å². The van der Waals surface area contributed by atoms with Crippen LogP contribution >= 0.6 is 0 Å². The predicted octanol–water partition coefficient (Wildman–Crippen LogP) is 3.61. The fourth-order valence-electron chi connectivity index (χ4n) is 2.37. The van der Waals surface area contributed by atoms with Gasteiger partial charge in [-0.1, -0.05) is 13.8 Å². The lowest BCUT2D eigenvalue weighted by Gasteiger charge is -2.20. The number of carbonyl (C=O) groups is 2. The van der Waals surface area contributed by atoms with Crippen molar-refractivity contribution in [2.75, 3.05) is 10.6 Å². The monoisotopic (exact) mass is 417 g/mol. The number of benzene rings is 2. The smallest absolute Gasteiger partial charge is 0.255 e. The highest BCUT2D eigenvalue weighted by atomic mass is 32.2. The molecular formula is C21H27N3O4S. The van der Waals surface area contributed by atoms with Crippen LogP contribution in [0.2, 0.25) is 0 Å². The van der Waals surface area contributed by atoms with Crippen molar-refractivity contribution in [2.45, 2.75) is 45.1 Å². The van der Waals surface area contributed by atoms with Crippen molar-refractivity contribution in [1.82, 2.24) is 4.72 Å². The molecule has 0 saturated carbocycles. The minimum absolute atomic E-state index is 0.0854. The van der Waals surface area contributed by atoms with Crippen LogP contribution in [0.3, 0.4) is 0 Å². The molecule has 29 heavy (non-hydrogen) atoms. The van der Waals surface area contributed by atoms with Crippen LogP contribution in [0.25, 0.3) is 0 Å². The molecule has 0 saturated heterocycles. The summed E-state index contributed by atoms with van der Waals surface area (Å²) >= 11 is 0. The van der Waals surface area contributed by atoms with Crippen LogP contribution < -0.4 is 15.4 Å². The van der Waals surface area contributed by atoms with E-state index in [0.717, 1.165) is 0 Å². The fraction of sp³-hybridized carbons (Fsp3) is 0.333. The lowest BCUT2D eigenvalue weighted by molar-refractivity contribution is -0.118. The van der Waals surface area contributed by atoms with Gasteiger partial charge >= 0.3 is 0 Å². The Morgan fingerprint density at radius 2 is 1.31 bits per heavy atom. The first-order valence-corrected chi connectivity index (χ1v) is 10.7. The minimum Gasteiger partial charge on any atom is -0.326 e. The van der Waals surface area contributed by atoms with Crippen LogP contribution in [-0.4, -0.2) is 25.8 Å². The second-order valence-corrected chi connectivity index (χ2v) is 9.74. The standard InChI is InChI=1S/C21H27N3O4S/c1-14(2)19(25)22-16-8-10-17(11-9-16)23-20(26)15-6-12-18(13-7-15)29(27,28)24-21(3,4)5/h6-14,24H,1-5H3,(H,22,25)(H,23,26). The molecule has 0 heterocycles. The van der Waals surface area contributed by atoms with E-state index in [1.807, 2.05) is 0 Å². The van der Waals surface area contributed by atoms with Gasteiger partial charge in [0.2, 0.25) is 15.9 Å². The Bertz CT molecular complexity index is 974. The number of hydrogen-bond acceptors (Lipinski definition) is 4. The summed E-state index contributed by atoms with van der Waals surface area (Å²) in [5.74, 6) is -0.575. The zero-order valence-electron chi connectivity index (χ0n) is 17.2. The van der Waals surface area contributed by atoms with Gasteiger partial charge in [0.05, 0.1) is 4.90 Å². The third-order valence-electron chi connectivity index (χ3n) is 3.80. The molecule has 0 radical (unpaired) electrons. The van der Waals surface area contributed by atoms with E-state index in [1.54, 1.807) is 58.9 Å². The number of carbonyl (C=O) groups excluding carboxylic acids is 2. The molecule has 0 aromatic heterocycles. The first-order valence-electron chi connectivity index (χ1n) is 9.24. The molecule has 0 aliphatic heterocycles. The van der Waals surface area contributed by atoms with Gasteiger partial charge in [-0.2, -0.15) is 0 Å². The topological polar surface area (TPSA) is 104 Å². The lowest BCUT2D eigenvalue weighted by atomic mass is 10.1. The number of rotatable bonds is 6. The zero-order valence-corrected chi connectivity index (χ0v) is 18.1.